The van der Waals surface area contributed by atoms with Gasteiger partial charge in [-0.3, -0.25) is 4.79 Å². The second-order valence-electron chi connectivity index (χ2n) is 8.73. The normalized spacial score (nSPS) is 15.6. The van der Waals surface area contributed by atoms with E-state index < -0.39 is 5.97 Å². The molecule has 200 valence electrons. The quantitative estimate of drug-likeness (QED) is 0.192. The second-order valence-corrected chi connectivity index (χ2v) is 11.8. The lowest BCUT2D eigenvalue weighted by atomic mass is 10.0. The number of fused-ring (bicyclic) bond motifs is 1. The zero-order valence-electron chi connectivity index (χ0n) is 20.9. The number of halogens is 1. The predicted octanol–water partition coefficient (Wildman–Crippen LogP) is 5.17. The summed E-state index contributed by atoms with van der Waals surface area (Å²) < 4.78 is 15.4. The summed E-state index contributed by atoms with van der Waals surface area (Å²) in [4.78, 5) is 31.8. The van der Waals surface area contributed by atoms with Crippen molar-refractivity contribution in [2.45, 2.75) is 24.6 Å². The summed E-state index contributed by atoms with van der Waals surface area (Å²) in [5, 5.41) is 11.6. The molecule has 9 nitrogen and oxygen atoms in total. The third-order valence-corrected chi connectivity index (χ3v) is 9.26. The first-order valence-electron chi connectivity index (χ1n) is 12.1. The Bertz CT molecular complexity index is 1450. The fraction of sp³-hybridized carbons (Fsp3) is 0.346. The molecule has 1 amide bonds. The number of rotatable bonds is 10. The maximum Gasteiger partial charge on any atom is 0.340 e. The fourth-order valence-corrected chi connectivity index (χ4v) is 7.31. The van der Waals surface area contributed by atoms with Gasteiger partial charge >= 0.3 is 5.97 Å². The molecule has 4 heterocycles. The molecule has 0 aliphatic carbocycles. The van der Waals surface area contributed by atoms with E-state index in [0.29, 0.717) is 51.3 Å². The molecule has 1 N–H and O–H groups in total. The molecule has 12 heteroatoms. The van der Waals surface area contributed by atoms with Crippen LogP contribution >= 0.6 is 39.5 Å². The van der Waals surface area contributed by atoms with Crippen LogP contribution in [-0.4, -0.2) is 60.7 Å². The number of phenolic OH excluding ortho intramolecular Hbond substituents is 1. The molecule has 1 fully saturated rings. The number of hydrogen-bond acceptors (Lipinski definition) is 8. The Hall–Kier alpha value is -2.83. The second kappa shape index (κ2) is 11.5. The average molecular weight is 620 g/mol. The van der Waals surface area contributed by atoms with Gasteiger partial charge in [-0.1, -0.05) is 0 Å². The van der Waals surface area contributed by atoms with Crippen molar-refractivity contribution in [2.75, 3.05) is 24.7 Å². The molecule has 3 aromatic heterocycles. The van der Waals surface area contributed by atoms with E-state index in [1.807, 2.05) is 45.5 Å². The van der Waals surface area contributed by atoms with Crippen LogP contribution in [0.15, 0.2) is 52.1 Å². The van der Waals surface area contributed by atoms with Gasteiger partial charge in [0.2, 0.25) is 5.91 Å². The number of benzene rings is 1. The minimum absolute atomic E-state index is 0.0792. The van der Waals surface area contributed by atoms with Crippen molar-refractivity contribution in [1.29, 1.82) is 0 Å². The van der Waals surface area contributed by atoms with Crippen molar-refractivity contribution >= 4 is 62.2 Å². The standard InChI is InChI=1S/C26H27BrN4O5S2/c1-3-35-26(34)23-19(13-37-10-8-31-21(32)14-38-25(31)20-5-4-9-36-20)29(2)18-11-17(27)24(33)16(22(18)23)12-30-7-6-28-15-30/h4-7,9,11,15,25,33H,3,8,10,12-14H2,1-2H3. The molecule has 0 saturated carbocycles. The number of furan rings is 1. The predicted molar refractivity (Wildman–Crippen MR) is 151 cm³/mol. The molecule has 1 unspecified atom stereocenters. The molecule has 0 radical (unpaired) electrons. The number of carbonyl (C=O) groups is 2. The Morgan fingerprint density at radius 1 is 1.42 bits per heavy atom. The van der Waals surface area contributed by atoms with Crippen LogP contribution in [0.25, 0.3) is 10.9 Å². The molecule has 1 aliphatic heterocycles. The minimum atomic E-state index is -0.425. The van der Waals surface area contributed by atoms with E-state index in [-0.39, 0.29) is 23.6 Å². The topological polar surface area (TPSA) is 103 Å². The third-order valence-electron chi connectivity index (χ3n) is 6.49. The Morgan fingerprint density at radius 2 is 2.26 bits per heavy atom. The van der Waals surface area contributed by atoms with Crippen LogP contribution in [0.4, 0.5) is 0 Å². The zero-order valence-corrected chi connectivity index (χ0v) is 24.1. The summed E-state index contributed by atoms with van der Waals surface area (Å²) in [7, 11) is 1.92. The van der Waals surface area contributed by atoms with Crippen molar-refractivity contribution in [2.24, 2.45) is 7.05 Å². The maximum atomic E-state index is 13.3. The monoisotopic (exact) mass is 618 g/mol. The summed E-state index contributed by atoms with van der Waals surface area (Å²) in [5.74, 6) is 2.18. The van der Waals surface area contributed by atoms with Crippen molar-refractivity contribution in [1.82, 2.24) is 19.0 Å². The van der Waals surface area contributed by atoms with Crippen LogP contribution in [-0.2, 0) is 28.9 Å². The summed E-state index contributed by atoms with van der Waals surface area (Å²) in [6, 6.07) is 5.55. The highest BCUT2D eigenvalue weighted by Crippen LogP contribution is 2.41. The van der Waals surface area contributed by atoms with Crippen molar-refractivity contribution in [3.63, 3.8) is 0 Å². The van der Waals surface area contributed by atoms with Crippen LogP contribution < -0.4 is 0 Å². The summed E-state index contributed by atoms with van der Waals surface area (Å²) in [5.41, 5.74) is 2.68. The number of aromatic hydroxyl groups is 1. The average Bonchev–Trinajstić information content (AvgIpc) is 3.70. The van der Waals surface area contributed by atoms with E-state index in [4.69, 9.17) is 9.15 Å². The fourth-order valence-electron chi connectivity index (χ4n) is 4.68. The number of aryl methyl sites for hydroxylation is 1. The van der Waals surface area contributed by atoms with Crippen LogP contribution in [0, 0.1) is 0 Å². The maximum absolute atomic E-state index is 13.3. The van der Waals surface area contributed by atoms with Crippen molar-refractivity contribution in [3.8, 4) is 5.75 Å². The molecule has 1 aliphatic rings. The zero-order chi connectivity index (χ0) is 26.8. The van der Waals surface area contributed by atoms with Crippen LogP contribution in [0.5, 0.6) is 5.75 Å². The Balaban J connectivity index is 1.44. The highest BCUT2D eigenvalue weighted by Gasteiger charge is 2.34. The number of thioether (sulfide) groups is 2. The van der Waals surface area contributed by atoms with Gasteiger partial charge in [0.15, 0.2) is 0 Å². The molecule has 0 bridgehead atoms. The lowest BCUT2D eigenvalue weighted by Gasteiger charge is -2.22. The molecule has 5 rings (SSSR count). The van der Waals surface area contributed by atoms with Crippen LogP contribution in [0.1, 0.15) is 39.7 Å². The molecule has 1 aromatic carbocycles. The van der Waals surface area contributed by atoms with E-state index in [0.717, 1.165) is 17.0 Å². The lowest BCUT2D eigenvalue weighted by molar-refractivity contribution is -0.128. The number of nitrogens with zero attached hydrogens (tertiary/aromatic N) is 4. The number of ether oxygens (including phenoxy) is 1. The Morgan fingerprint density at radius 3 is 2.97 bits per heavy atom. The SMILES string of the molecule is CCOC(=O)c1c(CSCCN2C(=O)CSC2c2ccco2)n(C)c2cc(Br)c(O)c(Cn3ccnc3)c12. The third kappa shape index (κ3) is 5.08. The molecular formula is C26H27BrN4O5S2. The first-order chi connectivity index (χ1) is 18.4. The van der Waals surface area contributed by atoms with E-state index in [1.165, 1.54) is 0 Å². The van der Waals surface area contributed by atoms with Crippen LogP contribution in [0.3, 0.4) is 0 Å². The summed E-state index contributed by atoms with van der Waals surface area (Å²) in [6.07, 6.45) is 6.78. The molecule has 4 aromatic rings. The van der Waals surface area contributed by atoms with Gasteiger partial charge in [-0.15, -0.1) is 11.8 Å². The first-order valence-corrected chi connectivity index (χ1v) is 15.1. The molecule has 38 heavy (non-hydrogen) atoms. The molecule has 1 atom stereocenters. The molecule has 1 saturated heterocycles. The summed E-state index contributed by atoms with van der Waals surface area (Å²) in [6.45, 7) is 2.93. The van der Waals surface area contributed by atoms with Gasteiger partial charge in [0, 0.05) is 54.1 Å². The van der Waals surface area contributed by atoms with E-state index in [1.54, 1.807) is 49.2 Å². The van der Waals surface area contributed by atoms with Gasteiger partial charge < -0.3 is 28.3 Å². The van der Waals surface area contributed by atoms with E-state index in [2.05, 4.69) is 20.9 Å². The van der Waals surface area contributed by atoms with Gasteiger partial charge in [0.05, 0.1) is 47.0 Å². The van der Waals surface area contributed by atoms with E-state index in [9.17, 15) is 14.7 Å². The van der Waals surface area contributed by atoms with Gasteiger partial charge in [-0.2, -0.15) is 11.8 Å². The largest absolute Gasteiger partial charge is 0.506 e. The lowest BCUT2D eigenvalue weighted by Crippen LogP contribution is -2.30. The Kier molecular flexibility index (Phi) is 8.10. The minimum Gasteiger partial charge on any atom is -0.506 e. The van der Waals surface area contributed by atoms with Crippen LogP contribution in [0.2, 0.25) is 0 Å². The highest BCUT2D eigenvalue weighted by atomic mass is 79.9. The van der Waals surface area contributed by atoms with Gasteiger partial charge in [0.1, 0.15) is 16.9 Å². The number of hydrogen-bond donors (Lipinski definition) is 1. The highest BCUT2D eigenvalue weighted by molar-refractivity contribution is 9.10. The first kappa shape index (κ1) is 26.8. The van der Waals surface area contributed by atoms with Gasteiger partial charge in [-0.05, 0) is 41.1 Å². The molecular weight excluding hydrogens is 592 g/mol. The van der Waals surface area contributed by atoms with Gasteiger partial charge in [0.25, 0.3) is 0 Å². The Labute approximate surface area is 236 Å². The number of esters is 1. The van der Waals surface area contributed by atoms with Crippen molar-refractivity contribution < 1.29 is 23.8 Å². The number of imidazole rings is 1. The number of phenols is 1. The van der Waals surface area contributed by atoms with Crippen molar-refractivity contribution in [3.05, 3.63) is 70.2 Å². The number of amides is 1. The van der Waals surface area contributed by atoms with E-state index >= 15 is 0 Å². The smallest absolute Gasteiger partial charge is 0.340 e. The van der Waals surface area contributed by atoms with Gasteiger partial charge in [-0.25, -0.2) is 9.78 Å². The summed E-state index contributed by atoms with van der Waals surface area (Å²) >= 11 is 6.69. The molecule has 0 spiro atoms. The number of aromatic nitrogens is 3. The number of carbonyl (C=O) groups excluding carboxylic acids is 2.